The average molecular weight is 1510 g/mol. The van der Waals surface area contributed by atoms with E-state index in [1.54, 1.807) is 32.5 Å². The number of hydrogen-bond acceptors (Lipinski definition) is 8. The first-order valence-corrected chi connectivity index (χ1v) is 47.0. The third-order valence-electron chi connectivity index (χ3n) is 24.2. The van der Waals surface area contributed by atoms with Crippen molar-refractivity contribution in [2.45, 2.75) is 350 Å². The molecule has 5 aromatic carbocycles. The fourth-order valence-corrected chi connectivity index (χ4v) is 22.4. The first-order valence-electron chi connectivity index (χ1n) is 43.7. The second kappa shape index (κ2) is 42.8. The van der Waals surface area contributed by atoms with Crippen molar-refractivity contribution in [1.29, 1.82) is 0 Å². The maximum absolute atomic E-state index is 16.4. The monoisotopic (exact) mass is 1500 g/mol. The summed E-state index contributed by atoms with van der Waals surface area (Å²) in [6.07, 6.45) is 61.0. The van der Waals surface area contributed by atoms with Crippen LogP contribution in [-0.4, -0.2) is 46.5 Å². The van der Waals surface area contributed by atoms with Crippen molar-refractivity contribution < 1.29 is 19.2 Å². The Kier molecular flexibility index (Phi) is 33.0. The highest BCUT2D eigenvalue weighted by molar-refractivity contribution is 7.31. The first kappa shape index (κ1) is 81.7. The van der Waals surface area contributed by atoms with Crippen LogP contribution in [0.15, 0.2) is 72.8 Å². The largest absolute Gasteiger partial charge is 0.274 e. The molecule has 4 aromatic heterocycles. The standard InChI is InChI=1S/C96H132N2O4S4/c1-7-11-15-19-23-27-31-33-37-41-44-48-52-71(51-47-43-39-35-29-25-21-17-13-9-3)67-97-93(99)75-58-56-73-77-64-79(82-61-62-83(105-82)85-66-86-84(106-85)63-70(6)104-86)92-91-76(59-57-74(87(77)91)88-78(81-60-55-69(5)103-81)65-80(95(97)101)89(75)90(73)88)94(100)98(96(92)102)68-72(53-49-45-40-36-30-26-22-18-14-10-4)54-50-46-42-38-34-32-28-24-20-16-12-8-2/h55-66,71-72H,7-54,67-68H2,1-6H3. The summed E-state index contributed by atoms with van der Waals surface area (Å²) in [5.74, 6) is -0.308. The van der Waals surface area contributed by atoms with E-state index >= 15 is 19.2 Å². The summed E-state index contributed by atoms with van der Waals surface area (Å²) in [5.41, 5.74) is 4.20. The quantitative estimate of drug-likeness (QED) is 0.0165. The Morgan fingerprint density at radius 2 is 0.651 bits per heavy atom. The van der Waals surface area contributed by atoms with Crippen LogP contribution >= 0.6 is 45.3 Å². The number of imide groups is 2. The third-order valence-corrected chi connectivity index (χ3v) is 28.8. The number of hydrogen-bond donors (Lipinski definition) is 0. The Bertz CT molecular complexity index is 4200. The summed E-state index contributed by atoms with van der Waals surface area (Å²) in [7, 11) is 0. The summed E-state index contributed by atoms with van der Waals surface area (Å²) in [5, 5.41) is 7.10. The van der Waals surface area contributed by atoms with Crippen molar-refractivity contribution in [3.63, 3.8) is 0 Å². The van der Waals surface area contributed by atoms with Crippen LogP contribution in [0.5, 0.6) is 0 Å². The van der Waals surface area contributed by atoms with Crippen molar-refractivity contribution in [2.24, 2.45) is 11.8 Å². The number of rotatable bonds is 55. The Labute approximate surface area is 655 Å². The van der Waals surface area contributed by atoms with E-state index in [4.69, 9.17) is 0 Å². The van der Waals surface area contributed by atoms with Crippen LogP contribution in [0.3, 0.4) is 0 Å². The van der Waals surface area contributed by atoms with Crippen molar-refractivity contribution in [1.82, 2.24) is 9.80 Å². The van der Waals surface area contributed by atoms with Crippen molar-refractivity contribution in [2.75, 3.05) is 13.1 Å². The van der Waals surface area contributed by atoms with E-state index in [1.807, 2.05) is 34.8 Å². The molecule has 0 bridgehead atoms. The molecule has 9 aromatic rings. The minimum absolute atomic E-state index is 0.187. The second-order valence-corrected chi connectivity index (χ2v) is 37.5. The number of unbranched alkanes of at least 4 members (excludes halogenated alkanes) is 40. The van der Waals surface area contributed by atoms with E-state index in [0.717, 1.165) is 120 Å². The van der Waals surface area contributed by atoms with E-state index in [0.29, 0.717) is 35.3 Å². The molecule has 2 unspecified atom stereocenters. The highest BCUT2D eigenvalue weighted by Gasteiger charge is 2.41. The molecule has 10 heteroatoms. The van der Waals surface area contributed by atoms with Crippen LogP contribution in [0.4, 0.5) is 0 Å². The number of amides is 4. The highest BCUT2D eigenvalue weighted by atomic mass is 32.1. The maximum Gasteiger partial charge on any atom is 0.262 e. The summed E-state index contributed by atoms with van der Waals surface area (Å²) < 4.78 is 2.59. The average Bonchev–Trinajstić information content (AvgIpc) is 0.822. The van der Waals surface area contributed by atoms with Crippen LogP contribution in [0.1, 0.15) is 387 Å². The van der Waals surface area contributed by atoms with Gasteiger partial charge in [0.15, 0.2) is 0 Å². The third kappa shape index (κ3) is 21.2. The molecule has 6 heterocycles. The van der Waals surface area contributed by atoms with Gasteiger partial charge in [-0.2, -0.15) is 0 Å². The molecule has 2 atom stereocenters. The number of carbonyl (C=O) groups excluding carboxylic acids is 4. The number of carbonyl (C=O) groups is 4. The van der Waals surface area contributed by atoms with Crippen molar-refractivity contribution >= 4 is 121 Å². The fourth-order valence-electron chi connectivity index (χ4n) is 18.1. The van der Waals surface area contributed by atoms with Gasteiger partial charge in [0.25, 0.3) is 23.6 Å². The van der Waals surface area contributed by atoms with Gasteiger partial charge in [0.2, 0.25) is 0 Å². The smallest absolute Gasteiger partial charge is 0.262 e. The highest BCUT2D eigenvalue weighted by Crippen LogP contribution is 2.53. The molecule has 0 saturated carbocycles. The summed E-state index contributed by atoms with van der Waals surface area (Å²) in [6, 6.07) is 26.2. The van der Waals surface area contributed by atoms with Gasteiger partial charge >= 0.3 is 0 Å². The topological polar surface area (TPSA) is 74.8 Å². The minimum Gasteiger partial charge on any atom is -0.274 e. The molecule has 0 spiro atoms. The lowest BCUT2D eigenvalue weighted by Gasteiger charge is -2.33. The van der Waals surface area contributed by atoms with Crippen molar-refractivity contribution in [3.8, 4) is 30.6 Å². The molecule has 2 aliphatic rings. The van der Waals surface area contributed by atoms with Crippen LogP contribution in [0.2, 0.25) is 0 Å². The Hall–Kier alpha value is -5.26. The van der Waals surface area contributed by atoms with Gasteiger partial charge in [0, 0.05) is 90.3 Å². The van der Waals surface area contributed by atoms with Gasteiger partial charge in [-0.25, -0.2) is 0 Å². The van der Waals surface area contributed by atoms with Crippen LogP contribution < -0.4 is 0 Å². The molecule has 6 nitrogen and oxygen atoms in total. The lowest BCUT2D eigenvalue weighted by atomic mass is 9.79. The summed E-state index contributed by atoms with van der Waals surface area (Å²) in [6.45, 7) is 14.4. The van der Waals surface area contributed by atoms with Gasteiger partial charge in [-0.05, 0) is 144 Å². The molecule has 11 rings (SSSR count). The van der Waals surface area contributed by atoms with E-state index in [1.165, 1.54) is 281 Å². The molecule has 2 aliphatic heterocycles. The van der Waals surface area contributed by atoms with E-state index in [2.05, 4.69) is 102 Å². The zero-order valence-corrected chi connectivity index (χ0v) is 69.9. The van der Waals surface area contributed by atoms with E-state index in [9.17, 15) is 0 Å². The van der Waals surface area contributed by atoms with Gasteiger partial charge in [0.05, 0.1) is 5.56 Å². The summed E-state index contributed by atoms with van der Waals surface area (Å²) >= 11 is 7.13. The molecule has 0 fully saturated rings. The Balaban J connectivity index is 0.924. The first-order chi connectivity index (χ1) is 52.0. The zero-order valence-electron chi connectivity index (χ0n) is 66.6. The van der Waals surface area contributed by atoms with Gasteiger partial charge in [-0.15, -0.1) is 45.3 Å². The molecule has 4 amide bonds. The van der Waals surface area contributed by atoms with Crippen LogP contribution in [0, 0.1) is 25.7 Å². The van der Waals surface area contributed by atoms with Gasteiger partial charge < -0.3 is 0 Å². The predicted octanol–water partition coefficient (Wildman–Crippen LogP) is 32.0. The maximum atomic E-state index is 16.4. The summed E-state index contributed by atoms with van der Waals surface area (Å²) in [4.78, 5) is 74.1. The molecule has 0 radical (unpaired) electrons. The SMILES string of the molecule is CCCCCCCCCCCCCCC(CCCCCCCCCCCC)CN1C(=O)c2ccc3c4c(-c5ccc(C)s5)cc5c6c(ccc(c7cc(-c8ccc(-c9cc%10sc(C)cc%10s9)s8)c(c2c73)C1=O)c64)C(=O)N(CC(CCCCCCCCCCCC)CCCCCCCCCCCCCC)C5=O. The zero-order chi connectivity index (χ0) is 74.0. The number of benzene rings is 5. The molecule has 0 N–H and O–H groups in total. The predicted molar refractivity (Wildman–Crippen MR) is 464 cm³/mol. The lowest BCUT2D eigenvalue weighted by molar-refractivity contribution is 0.0563. The van der Waals surface area contributed by atoms with Gasteiger partial charge in [0.1, 0.15) is 0 Å². The number of aryl methyl sites for hydroxylation is 2. The normalized spacial score (nSPS) is 13.9. The molecular weight excluding hydrogens is 1370 g/mol. The van der Waals surface area contributed by atoms with Crippen LogP contribution in [-0.2, 0) is 0 Å². The van der Waals surface area contributed by atoms with E-state index < -0.39 is 0 Å². The van der Waals surface area contributed by atoms with Gasteiger partial charge in [-0.3, -0.25) is 29.0 Å². The fraction of sp³-hybridized carbons (Fsp3) is 0.604. The molecule has 574 valence electrons. The number of thiophene rings is 4. The van der Waals surface area contributed by atoms with Crippen molar-refractivity contribution in [3.05, 3.63) is 105 Å². The van der Waals surface area contributed by atoms with Gasteiger partial charge in [-0.1, -0.05) is 322 Å². The lowest BCUT2D eigenvalue weighted by Crippen LogP contribution is -2.43. The van der Waals surface area contributed by atoms with Crippen LogP contribution in [0.25, 0.3) is 83.1 Å². The number of nitrogens with zero attached hydrogens (tertiary/aromatic N) is 2. The minimum atomic E-state index is -0.192. The Morgan fingerprint density at radius 1 is 0.264 bits per heavy atom. The Morgan fingerprint density at radius 3 is 1.09 bits per heavy atom. The number of fused-ring (bicyclic) bond motifs is 3. The molecule has 0 saturated heterocycles. The molecular formula is C96H132N2O4S4. The molecule has 0 aliphatic carbocycles. The second-order valence-electron chi connectivity index (χ2n) is 32.8. The van der Waals surface area contributed by atoms with E-state index in [-0.39, 0.29) is 35.5 Å². The molecule has 106 heavy (non-hydrogen) atoms.